The molecule has 0 aromatic heterocycles. The van der Waals surface area contributed by atoms with Crippen LogP contribution >= 0.6 is 0 Å². The number of hydrogen-bond donors (Lipinski definition) is 1. The van der Waals surface area contributed by atoms with Crippen LogP contribution in [0.25, 0.3) is 0 Å². The molecule has 0 aromatic carbocycles. The van der Waals surface area contributed by atoms with Gasteiger partial charge in [-0.3, -0.25) is 9.69 Å². The summed E-state index contributed by atoms with van der Waals surface area (Å²) in [7, 11) is 0. The summed E-state index contributed by atoms with van der Waals surface area (Å²) < 4.78 is 0. The van der Waals surface area contributed by atoms with Gasteiger partial charge in [0, 0.05) is 26.2 Å². The molecule has 4 nitrogen and oxygen atoms in total. The van der Waals surface area contributed by atoms with Crippen LogP contribution in [0.2, 0.25) is 0 Å². The average molecular weight is 235 g/mol. The number of likely N-dealkylation sites (tertiary alicyclic amines) is 1. The topological polar surface area (TPSA) is 35.6 Å². The van der Waals surface area contributed by atoms with Gasteiger partial charge >= 0.3 is 0 Å². The highest BCUT2D eigenvalue weighted by molar-refractivity contribution is 5.82. The number of nitrogens with zero attached hydrogens (tertiary/aromatic N) is 2. The summed E-state index contributed by atoms with van der Waals surface area (Å²) >= 11 is 0. The van der Waals surface area contributed by atoms with Crippen molar-refractivity contribution in [3.63, 3.8) is 0 Å². The molecule has 2 saturated heterocycles. The Bertz CT molecular complexity index is 325. The molecule has 1 N–H and O–H groups in total. The predicted molar refractivity (Wildman–Crippen MR) is 67.5 cm³/mol. The zero-order chi connectivity index (χ0) is 12.1. The van der Waals surface area contributed by atoms with Crippen LogP contribution in [0.4, 0.5) is 0 Å². The Morgan fingerprint density at radius 3 is 2.82 bits per heavy atom. The maximum atomic E-state index is 12.4. The monoisotopic (exact) mass is 235 g/mol. The lowest BCUT2D eigenvalue weighted by molar-refractivity contribution is -0.136. The molecule has 2 aliphatic rings. The van der Waals surface area contributed by atoms with Gasteiger partial charge in [0.25, 0.3) is 0 Å². The summed E-state index contributed by atoms with van der Waals surface area (Å²) in [6.45, 7) is 7.14. The standard InChI is InChI=1S/C13H21N3O/c1-2-3-8-15-9-4-5-12(15)13(17)16-10-6-14-7-11-16/h12,14H,4-11H2,1H3. The van der Waals surface area contributed by atoms with Gasteiger partial charge in [-0.25, -0.2) is 0 Å². The van der Waals surface area contributed by atoms with Crippen LogP contribution in [0, 0.1) is 11.8 Å². The van der Waals surface area contributed by atoms with Crippen molar-refractivity contribution in [1.82, 2.24) is 15.1 Å². The van der Waals surface area contributed by atoms with E-state index in [1.807, 2.05) is 11.8 Å². The third kappa shape index (κ3) is 2.99. The van der Waals surface area contributed by atoms with Crippen LogP contribution in [0.3, 0.4) is 0 Å². The molecule has 0 saturated carbocycles. The SMILES string of the molecule is CC#CCN1CCCC1C(=O)N1CCNCC1. The molecular weight excluding hydrogens is 214 g/mol. The molecule has 0 aromatic rings. The third-order valence-electron chi connectivity index (χ3n) is 3.54. The van der Waals surface area contributed by atoms with Gasteiger partial charge < -0.3 is 10.2 Å². The molecule has 1 atom stereocenters. The highest BCUT2D eigenvalue weighted by Gasteiger charge is 2.33. The van der Waals surface area contributed by atoms with E-state index in [9.17, 15) is 4.79 Å². The fourth-order valence-corrected chi connectivity index (χ4v) is 2.57. The highest BCUT2D eigenvalue weighted by Crippen LogP contribution is 2.18. The van der Waals surface area contributed by atoms with E-state index in [2.05, 4.69) is 22.1 Å². The summed E-state index contributed by atoms with van der Waals surface area (Å²) in [5.74, 6) is 6.29. The fraction of sp³-hybridized carbons (Fsp3) is 0.769. The molecule has 1 unspecified atom stereocenters. The molecule has 2 aliphatic heterocycles. The molecule has 0 spiro atoms. The Balaban J connectivity index is 1.93. The van der Waals surface area contributed by atoms with Gasteiger partial charge in [-0.1, -0.05) is 5.92 Å². The number of nitrogens with one attached hydrogen (secondary N) is 1. The normalized spacial score (nSPS) is 25.5. The first kappa shape index (κ1) is 12.4. The average Bonchev–Trinajstić information content (AvgIpc) is 2.84. The van der Waals surface area contributed by atoms with Crippen LogP contribution in [0.15, 0.2) is 0 Å². The van der Waals surface area contributed by atoms with E-state index in [4.69, 9.17) is 0 Å². The minimum atomic E-state index is 0.0777. The lowest BCUT2D eigenvalue weighted by Gasteiger charge is -2.32. The maximum absolute atomic E-state index is 12.4. The van der Waals surface area contributed by atoms with Crippen LogP contribution in [0.5, 0.6) is 0 Å². The smallest absolute Gasteiger partial charge is 0.240 e. The Morgan fingerprint density at radius 1 is 1.35 bits per heavy atom. The highest BCUT2D eigenvalue weighted by atomic mass is 16.2. The number of rotatable bonds is 2. The molecule has 94 valence electrons. The number of carbonyl (C=O) groups is 1. The minimum absolute atomic E-state index is 0.0777. The van der Waals surface area contributed by atoms with Crippen molar-refractivity contribution in [2.45, 2.75) is 25.8 Å². The van der Waals surface area contributed by atoms with Crippen LogP contribution in [0.1, 0.15) is 19.8 Å². The van der Waals surface area contributed by atoms with E-state index in [0.717, 1.165) is 52.1 Å². The summed E-state index contributed by atoms with van der Waals surface area (Å²) in [5.41, 5.74) is 0. The third-order valence-corrected chi connectivity index (χ3v) is 3.54. The van der Waals surface area contributed by atoms with Crippen molar-refractivity contribution >= 4 is 5.91 Å². The molecule has 4 heteroatoms. The Labute approximate surface area is 103 Å². The van der Waals surface area contributed by atoms with Crippen LogP contribution in [-0.4, -0.2) is 61.0 Å². The van der Waals surface area contributed by atoms with E-state index in [0.29, 0.717) is 5.91 Å². The van der Waals surface area contributed by atoms with Crippen LogP contribution in [-0.2, 0) is 4.79 Å². The summed E-state index contributed by atoms with van der Waals surface area (Å²) in [6, 6.07) is 0.0777. The fourth-order valence-electron chi connectivity index (χ4n) is 2.57. The van der Waals surface area contributed by atoms with Crippen molar-refractivity contribution in [1.29, 1.82) is 0 Å². The molecule has 2 fully saturated rings. The molecule has 2 heterocycles. The van der Waals surface area contributed by atoms with Gasteiger partial charge in [-0.15, -0.1) is 5.92 Å². The first-order valence-electron chi connectivity index (χ1n) is 6.46. The largest absolute Gasteiger partial charge is 0.339 e. The molecule has 1 amide bonds. The quantitative estimate of drug-likeness (QED) is 0.679. The van der Waals surface area contributed by atoms with Crippen molar-refractivity contribution in [2.75, 3.05) is 39.3 Å². The van der Waals surface area contributed by atoms with Crippen molar-refractivity contribution in [2.24, 2.45) is 0 Å². The van der Waals surface area contributed by atoms with Gasteiger partial charge in [0.15, 0.2) is 0 Å². The number of amides is 1. The summed E-state index contributed by atoms with van der Waals surface area (Å²) in [5, 5.41) is 3.28. The zero-order valence-electron chi connectivity index (χ0n) is 10.5. The van der Waals surface area contributed by atoms with Crippen molar-refractivity contribution in [3.05, 3.63) is 0 Å². The van der Waals surface area contributed by atoms with E-state index in [1.54, 1.807) is 0 Å². The number of hydrogen-bond acceptors (Lipinski definition) is 3. The predicted octanol–water partition coefficient (Wildman–Crippen LogP) is -0.0941. The molecule has 17 heavy (non-hydrogen) atoms. The second-order valence-electron chi connectivity index (χ2n) is 4.63. The lowest BCUT2D eigenvalue weighted by atomic mass is 10.1. The summed E-state index contributed by atoms with van der Waals surface area (Å²) in [4.78, 5) is 16.6. The van der Waals surface area contributed by atoms with Crippen molar-refractivity contribution < 1.29 is 4.79 Å². The van der Waals surface area contributed by atoms with Gasteiger partial charge in [0.05, 0.1) is 12.6 Å². The number of carbonyl (C=O) groups excluding carboxylic acids is 1. The van der Waals surface area contributed by atoms with Gasteiger partial charge in [-0.2, -0.15) is 0 Å². The molecule has 0 bridgehead atoms. The Morgan fingerprint density at radius 2 is 2.12 bits per heavy atom. The van der Waals surface area contributed by atoms with Crippen molar-refractivity contribution in [3.8, 4) is 11.8 Å². The lowest BCUT2D eigenvalue weighted by Crippen LogP contribution is -2.52. The number of piperazine rings is 1. The molecular formula is C13H21N3O. The van der Waals surface area contributed by atoms with E-state index in [-0.39, 0.29) is 6.04 Å². The molecule has 0 radical (unpaired) electrons. The van der Waals surface area contributed by atoms with E-state index in [1.165, 1.54) is 0 Å². The minimum Gasteiger partial charge on any atom is -0.339 e. The van der Waals surface area contributed by atoms with Gasteiger partial charge in [-0.05, 0) is 26.3 Å². The Hall–Kier alpha value is -1.05. The second-order valence-corrected chi connectivity index (χ2v) is 4.63. The first-order chi connectivity index (χ1) is 8.33. The van der Waals surface area contributed by atoms with Gasteiger partial charge in [0.2, 0.25) is 5.91 Å². The van der Waals surface area contributed by atoms with E-state index < -0.39 is 0 Å². The maximum Gasteiger partial charge on any atom is 0.240 e. The Kier molecular flexibility index (Phi) is 4.41. The molecule has 2 rings (SSSR count). The van der Waals surface area contributed by atoms with Gasteiger partial charge in [0.1, 0.15) is 0 Å². The molecule has 0 aliphatic carbocycles. The zero-order valence-corrected chi connectivity index (χ0v) is 10.5. The second kappa shape index (κ2) is 6.04. The summed E-state index contributed by atoms with van der Waals surface area (Å²) in [6.07, 6.45) is 2.11. The van der Waals surface area contributed by atoms with E-state index >= 15 is 0 Å². The first-order valence-corrected chi connectivity index (χ1v) is 6.46. The van der Waals surface area contributed by atoms with Crippen LogP contribution < -0.4 is 5.32 Å².